The average molecular weight is 370 g/mol. The first-order valence-electron chi connectivity index (χ1n) is 9.59. The molecule has 2 aromatic carbocycles. The minimum Gasteiger partial charge on any atom is -0.496 e. The highest BCUT2D eigenvalue weighted by atomic mass is 16.5. The molecule has 1 amide bonds. The van der Waals surface area contributed by atoms with Gasteiger partial charge in [0.15, 0.2) is 0 Å². The summed E-state index contributed by atoms with van der Waals surface area (Å²) in [6.45, 7) is 7.37. The van der Waals surface area contributed by atoms with Crippen molar-refractivity contribution in [3.05, 3.63) is 65.2 Å². The van der Waals surface area contributed by atoms with Gasteiger partial charge in [0, 0.05) is 23.8 Å². The van der Waals surface area contributed by atoms with E-state index in [1.807, 2.05) is 37.3 Å². The predicted molar refractivity (Wildman–Crippen MR) is 109 cm³/mol. The molecule has 0 spiro atoms. The van der Waals surface area contributed by atoms with Gasteiger partial charge in [-0.2, -0.15) is 0 Å². The number of amides is 1. The Kier molecular flexibility index (Phi) is 8.34. The number of carbonyl (C=O) groups excluding carboxylic acids is 1. The van der Waals surface area contributed by atoms with E-state index in [1.54, 1.807) is 13.2 Å². The smallest absolute Gasteiger partial charge is 0.251 e. The lowest BCUT2D eigenvalue weighted by Crippen LogP contribution is -2.33. The molecule has 0 heterocycles. The van der Waals surface area contributed by atoms with Crippen LogP contribution in [0.3, 0.4) is 0 Å². The number of hydrogen-bond acceptors (Lipinski definition) is 3. The summed E-state index contributed by atoms with van der Waals surface area (Å²) in [5, 5.41) is 3.08. The van der Waals surface area contributed by atoms with E-state index >= 15 is 0 Å². The maximum atomic E-state index is 12.6. The van der Waals surface area contributed by atoms with Crippen molar-refractivity contribution in [1.82, 2.24) is 5.32 Å². The Bertz CT molecular complexity index is 713. The first kappa shape index (κ1) is 21.0. The molecule has 0 saturated heterocycles. The largest absolute Gasteiger partial charge is 0.496 e. The number of nitrogens with one attached hydrogen (secondary N) is 1. The molecule has 146 valence electrons. The zero-order valence-electron chi connectivity index (χ0n) is 16.8. The fourth-order valence-electron chi connectivity index (χ4n) is 2.84. The molecular weight excluding hydrogens is 338 g/mol. The minimum atomic E-state index is -0.0664. The Morgan fingerprint density at radius 2 is 1.81 bits per heavy atom. The van der Waals surface area contributed by atoms with Crippen LogP contribution in [-0.2, 0) is 17.8 Å². The van der Waals surface area contributed by atoms with Crippen molar-refractivity contribution in [2.45, 2.75) is 46.3 Å². The molecule has 0 radical (unpaired) electrons. The summed E-state index contributed by atoms with van der Waals surface area (Å²) >= 11 is 0. The van der Waals surface area contributed by atoms with Crippen LogP contribution in [0.1, 0.15) is 48.7 Å². The summed E-state index contributed by atoms with van der Waals surface area (Å²) in [6, 6.07) is 15.9. The summed E-state index contributed by atoms with van der Waals surface area (Å²) in [5.74, 6) is 1.14. The molecule has 4 heteroatoms. The predicted octanol–water partition coefficient (Wildman–Crippen LogP) is 4.62. The van der Waals surface area contributed by atoms with Crippen LogP contribution in [0, 0.1) is 5.92 Å². The average Bonchev–Trinajstić information content (AvgIpc) is 2.66. The normalized spacial score (nSPS) is 12.0. The van der Waals surface area contributed by atoms with Crippen molar-refractivity contribution in [2.24, 2.45) is 5.92 Å². The van der Waals surface area contributed by atoms with Crippen LogP contribution in [-0.4, -0.2) is 25.7 Å². The van der Waals surface area contributed by atoms with E-state index in [1.165, 1.54) is 5.56 Å². The first-order chi connectivity index (χ1) is 13.0. The molecule has 4 nitrogen and oxygen atoms in total. The second kappa shape index (κ2) is 10.7. The SMILES string of the molecule is COc1ccc(C(=O)N[C@H](C)CCc2ccccc2)cc1COCC(C)C. The molecule has 1 N–H and O–H groups in total. The second-order valence-corrected chi connectivity index (χ2v) is 7.33. The summed E-state index contributed by atoms with van der Waals surface area (Å²) < 4.78 is 11.1. The van der Waals surface area contributed by atoms with Crippen LogP contribution in [0.5, 0.6) is 5.75 Å². The highest BCUT2D eigenvalue weighted by Gasteiger charge is 2.13. The summed E-state index contributed by atoms with van der Waals surface area (Å²) in [4.78, 5) is 12.6. The summed E-state index contributed by atoms with van der Waals surface area (Å²) in [6.07, 6.45) is 1.84. The lowest BCUT2D eigenvalue weighted by Gasteiger charge is -2.16. The molecule has 2 rings (SSSR count). The number of benzene rings is 2. The molecule has 0 bridgehead atoms. The Balaban J connectivity index is 1.94. The zero-order valence-corrected chi connectivity index (χ0v) is 16.8. The quantitative estimate of drug-likeness (QED) is 0.665. The van der Waals surface area contributed by atoms with Crippen LogP contribution in [0.25, 0.3) is 0 Å². The van der Waals surface area contributed by atoms with E-state index in [9.17, 15) is 4.79 Å². The molecule has 2 aromatic rings. The van der Waals surface area contributed by atoms with Crippen molar-refractivity contribution in [3.63, 3.8) is 0 Å². The monoisotopic (exact) mass is 369 g/mol. The molecule has 0 aliphatic carbocycles. The molecule has 0 aliphatic heterocycles. The van der Waals surface area contributed by atoms with Crippen LogP contribution in [0.4, 0.5) is 0 Å². The van der Waals surface area contributed by atoms with Gasteiger partial charge in [0.1, 0.15) is 5.75 Å². The molecule has 0 fully saturated rings. The Labute approximate surface area is 162 Å². The van der Waals surface area contributed by atoms with E-state index in [-0.39, 0.29) is 11.9 Å². The van der Waals surface area contributed by atoms with E-state index in [2.05, 4.69) is 31.3 Å². The van der Waals surface area contributed by atoms with Crippen LogP contribution in [0.2, 0.25) is 0 Å². The fraction of sp³-hybridized carbons (Fsp3) is 0.435. The van der Waals surface area contributed by atoms with Crippen LogP contribution < -0.4 is 10.1 Å². The lowest BCUT2D eigenvalue weighted by molar-refractivity contribution is 0.0929. The highest BCUT2D eigenvalue weighted by Crippen LogP contribution is 2.21. The van der Waals surface area contributed by atoms with Gasteiger partial charge >= 0.3 is 0 Å². The minimum absolute atomic E-state index is 0.0664. The Morgan fingerprint density at radius 3 is 2.48 bits per heavy atom. The first-order valence-corrected chi connectivity index (χ1v) is 9.59. The van der Waals surface area contributed by atoms with Crippen molar-refractivity contribution >= 4 is 5.91 Å². The topological polar surface area (TPSA) is 47.6 Å². The number of carbonyl (C=O) groups is 1. The number of rotatable bonds is 10. The van der Waals surface area contributed by atoms with E-state index in [0.29, 0.717) is 24.7 Å². The Morgan fingerprint density at radius 1 is 1.07 bits per heavy atom. The van der Waals surface area contributed by atoms with Gasteiger partial charge in [-0.15, -0.1) is 0 Å². The molecule has 0 saturated carbocycles. The van der Waals surface area contributed by atoms with Crippen LogP contribution in [0.15, 0.2) is 48.5 Å². The van der Waals surface area contributed by atoms with E-state index in [0.717, 1.165) is 24.2 Å². The molecule has 0 aliphatic rings. The van der Waals surface area contributed by atoms with Gasteiger partial charge in [0.05, 0.1) is 13.7 Å². The van der Waals surface area contributed by atoms with Gasteiger partial charge < -0.3 is 14.8 Å². The van der Waals surface area contributed by atoms with Gasteiger partial charge in [-0.1, -0.05) is 44.2 Å². The third-order valence-electron chi connectivity index (χ3n) is 4.34. The number of aryl methyl sites for hydroxylation is 1. The molecule has 0 aromatic heterocycles. The maximum absolute atomic E-state index is 12.6. The van der Waals surface area contributed by atoms with Gasteiger partial charge in [-0.3, -0.25) is 4.79 Å². The second-order valence-electron chi connectivity index (χ2n) is 7.33. The number of methoxy groups -OCH3 is 1. The molecular formula is C23H31NO3. The van der Waals surface area contributed by atoms with Gasteiger partial charge in [0.25, 0.3) is 5.91 Å². The van der Waals surface area contributed by atoms with Gasteiger partial charge in [-0.05, 0) is 49.4 Å². The molecule has 27 heavy (non-hydrogen) atoms. The third-order valence-corrected chi connectivity index (χ3v) is 4.34. The van der Waals surface area contributed by atoms with E-state index in [4.69, 9.17) is 9.47 Å². The lowest BCUT2D eigenvalue weighted by atomic mass is 10.1. The Hall–Kier alpha value is -2.33. The highest BCUT2D eigenvalue weighted by molar-refractivity contribution is 5.94. The third kappa shape index (κ3) is 7.06. The number of ether oxygens (including phenoxy) is 2. The summed E-state index contributed by atoms with van der Waals surface area (Å²) in [7, 11) is 1.63. The van der Waals surface area contributed by atoms with Gasteiger partial charge in [-0.25, -0.2) is 0 Å². The zero-order chi connectivity index (χ0) is 19.6. The van der Waals surface area contributed by atoms with E-state index < -0.39 is 0 Å². The maximum Gasteiger partial charge on any atom is 0.251 e. The van der Waals surface area contributed by atoms with Crippen molar-refractivity contribution in [1.29, 1.82) is 0 Å². The van der Waals surface area contributed by atoms with Crippen LogP contribution >= 0.6 is 0 Å². The molecule has 0 unspecified atom stereocenters. The number of hydrogen-bond donors (Lipinski definition) is 1. The van der Waals surface area contributed by atoms with Crippen molar-refractivity contribution < 1.29 is 14.3 Å². The fourth-order valence-corrected chi connectivity index (χ4v) is 2.84. The van der Waals surface area contributed by atoms with Gasteiger partial charge in [0.2, 0.25) is 0 Å². The summed E-state index contributed by atoms with van der Waals surface area (Å²) in [5.41, 5.74) is 2.81. The van der Waals surface area contributed by atoms with Crippen molar-refractivity contribution in [3.8, 4) is 5.75 Å². The van der Waals surface area contributed by atoms with Crippen molar-refractivity contribution in [2.75, 3.05) is 13.7 Å². The molecule has 1 atom stereocenters. The standard InChI is InChI=1S/C23H31NO3/c1-17(2)15-27-16-21-14-20(12-13-22(21)26-4)23(25)24-18(3)10-11-19-8-6-5-7-9-19/h5-9,12-14,17-18H,10-11,15-16H2,1-4H3,(H,24,25)/t18-/m1/s1.